The van der Waals surface area contributed by atoms with E-state index in [0.29, 0.717) is 11.8 Å². The molecule has 0 spiro atoms. The molecule has 0 amide bonds. The number of hydrogen-bond acceptors (Lipinski definition) is 2. The minimum absolute atomic E-state index is 0.00354. The van der Waals surface area contributed by atoms with E-state index in [2.05, 4.69) is 39.1 Å². The molecule has 1 aliphatic rings. The zero-order valence-electron chi connectivity index (χ0n) is 13.7. The predicted octanol–water partition coefficient (Wildman–Crippen LogP) is 5.38. The molecule has 3 heteroatoms. The second-order valence-corrected chi connectivity index (χ2v) is 8.67. The van der Waals surface area contributed by atoms with Crippen molar-refractivity contribution in [2.45, 2.75) is 75.6 Å². The average Bonchev–Trinajstić information content (AvgIpc) is 2.37. The third kappa shape index (κ3) is 5.30. The van der Waals surface area contributed by atoms with Gasteiger partial charge in [0.15, 0.2) is 0 Å². The van der Waals surface area contributed by atoms with Gasteiger partial charge >= 0.3 is 0 Å². The fourth-order valence-electron chi connectivity index (χ4n) is 2.84. The van der Waals surface area contributed by atoms with Gasteiger partial charge < -0.3 is 5.32 Å². The number of halogens is 1. The van der Waals surface area contributed by atoms with E-state index in [1.807, 2.05) is 17.8 Å². The van der Waals surface area contributed by atoms with E-state index >= 15 is 0 Å². The van der Waals surface area contributed by atoms with E-state index < -0.39 is 0 Å². The molecule has 1 aromatic carbocycles. The molecule has 1 fully saturated rings. The average molecular weight is 309 g/mol. The van der Waals surface area contributed by atoms with E-state index in [4.69, 9.17) is 0 Å². The van der Waals surface area contributed by atoms with Gasteiger partial charge in [-0.05, 0) is 51.7 Å². The number of rotatable bonds is 4. The highest BCUT2D eigenvalue weighted by Gasteiger charge is 2.22. The summed E-state index contributed by atoms with van der Waals surface area (Å²) in [7, 11) is 0. The molecular formula is C18H28FNS. The molecule has 1 N–H and O–H groups in total. The highest BCUT2D eigenvalue weighted by molar-refractivity contribution is 8.00. The minimum atomic E-state index is -0.0828. The summed E-state index contributed by atoms with van der Waals surface area (Å²) in [5.41, 5.74) is 0.833. The van der Waals surface area contributed by atoms with E-state index in [1.54, 1.807) is 6.07 Å². The van der Waals surface area contributed by atoms with Gasteiger partial charge in [-0.1, -0.05) is 25.8 Å². The van der Waals surface area contributed by atoms with Gasteiger partial charge in [-0.2, -0.15) is 0 Å². The molecule has 2 unspecified atom stereocenters. The molecule has 0 saturated heterocycles. The Kier molecular flexibility index (Phi) is 5.73. The standard InChI is InChI=1S/C18H28FNS/c1-13-7-5-8-14(11-13)21-17-10-6-9-16(19)15(17)12-20-18(2,3)4/h6,9-10,13-14,20H,5,7-8,11-12H2,1-4H3. The molecule has 1 aromatic rings. The summed E-state index contributed by atoms with van der Waals surface area (Å²) < 4.78 is 14.2. The van der Waals surface area contributed by atoms with Crippen LogP contribution in [0, 0.1) is 11.7 Å². The van der Waals surface area contributed by atoms with Crippen molar-refractivity contribution in [3.05, 3.63) is 29.6 Å². The summed E-state index contributed by atoms with van der Waals surface area (Å²) in [6.45, 7) is 9.28. The molecule has 0 aromatic heterocycles. The van der Waals surface area contributed by atoms with Crippen LogP contribution in [0.25, 0.3) is 0 Å². The van der Waals surface area contributed by atoms with Gasteiger partial charge in [-0.25, -0.2) is 4.39 Å². The van der Waals surface area contributed by atoms with Crippen molar-refractivity contribution in [1.82, 2.24) is 5.32 Å². The number of hydrogen-bond donors (Lipinski definition) is 1. The molecule has 0 bridgehead atoms. The maximum atomic E-state index is 14.2. The summed E-state index contributed by atoms with van der Waals surface area (Å²) in [6, 6.07) is 5.49. The fraction of sp³-hybridized carbons (Fsp3) is 0.667. The highest BCUT2D eigenvalue weighted by Crippen LogP contribution is 2.38. The van der Waals surface area contributed by atoms with Crippen LogP contribution in [-0.4, -0.2) is 10.8 Å². The van der Waals surface area contributed by atoms with Crippen LogP contribution in [0.4, 0.5) is 4.39 Å². The van der Waals surface area contributed by atoms with Gasteiger partial charge in [0, 0.05) is 27.8 Å². The topological polar surface area (TPSA) is 12.0 Å². The first-order valence-corrected chi connectivity index (χ1v) is 8.92. The first kappa shape index (κ1) is 16.8. The molecule has 0 aliphatic heterocycles. The van der Waals surface area contributed by atoms with Crippen LogP contribution in [0.5, 0.6) is 0 Å². The lowest BCUT2D eigenvalue weighted by Gasteiger charge is -2.27. The smallest absolute Gasteiger partial charge is 0.128 e. The predicted molar refractivity (Wildman–Crippen MR) is 90.3 cm³/mol. The Morgan fingerprint density at radius 2 is 2.05 bits per heavy atom. The van der Waals surface area contributed by atoms with Crippen LogP contribution in [0.15, 0.2) is 23.1 Å². The molecule has 1 aliphatic carbocycles. The Labute approximate surface area is 133 Å². The van der Waals surface area contributed by atoms with Gasteiger partial charge in [0.2, 0.25) is 0 Å². The van der Waals surface area contributed by atoms with Crippen molar-refractivity contribution >= 4 is 11.8 Å². The van der Waals surface area contributed by atoms with E-state index in [1.165, 1.54) is 25.7 Å². The Balaban J connectivity index is 2.09. The molecule has 118 valence electrons. The molecule has 2 atom stereocenters. The first-order chi connectivity index (χ1) is 9.85. The molecule has 1 saturated carbocycles. The summed E-state index contributed by atoms with van der Waals surface area (Å²) in [6.07, 6.45) is 5.17. The number of thioether (sulfide) groups is 1. The summed E-state index contributed by atoms with van der Waals surface area (Å²) in [5.74, 6) is 0.724. The quantitative estimate of drug-likeness (QED) is 0.801. The highest BCUT2D eigenvalue weighted by atomic mass is 32.2. The van der Waals surface area contributed by atoms with Crippen LogP contribution in [-0.2, 0) is 6.54 Å². The van der Waals surface area contributed by atoms with E-state index in [9.17, 15) is 4.39 Å². The molecule has 0 heterocycles. The van der Waals surface area contributed by atoms with Crippen LogP contribution in [0.3, 0.4) is 0 Å². The van der Waals surface area contributed by atoms with Crippen molar-refractivity contribution in [2.24, 2.45) is 5.92 Å². The second-order valence-electron chi connectivity index (χ2n) is 7.33. The third-order valence-electron chi connectivity index (χ3n) is 4.05. The lowest BCUT2D eigenvalue weighted by atomic mass is 9.91. The van der Waals surface area contributed by atoms with Gasteiger partial charge in [0.05, 0.1) is 0 Å². The van der Waals surface area contributed by atoms with Crippen molar-refractivity contribution < 1.29 is 4.39 Å². The van der Waals surface area contributed by atoms with Gasteiger partial charge in [-0.3, -0.25) is 0 Å². The zero-order valence-corrected chi connectivity index (χ0v) is 14.5. The molecule has 0 radical (unpaired) electrons. The molecule has 1 nitrogen and oxygen atoms in total. The van der Waals surface area contributed by atoms with Gasteiger partial charge in [0.25, 0.3) is 0 Å². The largest absolute Gasteiger partial charge is 0.308 e. The van der Waals surface area contributed by atoms with Crippen molar-refractivity contribution in [2.75, 3.05) is 0 Å². The zero-order chi connectivity index (χ0) is 15.5. The summed E-state index contributed by atoms with van der Waals surface area (Å²) >= 11 is 1.88. The number of benzene rings is 1. The normalized spacial score (nSPS) is 23.3. The van der Waals surface area contributed by atoms with Crippen LogP contribution >= 0.6 is 11.8 Å². The second kappa shape index (κ2) is 7.15. The Morgan fingerprint density at radius 1 is 1.29 bits per heavy atom. The van der Waals surface area contributed by atoms with Crippen LogP contribution < -0.4 is 5.32 Å². The molecular weight excluding hydrogens is 281 g/mol. The van der Waals surface area contributed by atoms with E-state index in [-0.39, 0.29) is 11.4 Å². The van der Waals surface area contributed by atoms with Crippen molar-refractivity contribution in [3.8, 4) is 0 Å². The van der Waals surface area contributed by atoms with Gasteiger partial charge in [0.1, 0.15) is 5.82 Å². The monoisotopic (exact) mass is 309 g/mol. The SMILES string of the molecule is CC1CCCC(Sc2cccc(F)c2CNC(C)(C)C)C1. The Hall–Kier alpha value is -0.540. The third-order valence-corrected chi connectivity index (χ3v) is 5.45. The maximum absolute atomic E-state index is 14.2. The van der Waals surface area contributed by atoms with Crippen molar-refractivity contribution in [3.63, 3.8) is 0 Å². The lowest BCUT2D eigenvalue weighted by molar-refractivity contribution is 0.394. The summed E-state index contributed by atoms with van der Waals surface area (Å²) in [5, 5.41) is 4.05. The summed E-state index contributed by atoms with van der Waals surface area (Å²) in [4.78, 5) is 1.12. The minimum Gasteiger partial charge on any atom is -0.308 e. The van der Waals surface area contributed by atoms with Crippen LogP contribution in [0.2, 0.25) is 0 Å². The van der Waals surface area contributed by atoms with Gasteiger partial charge in [-0.15, -0.1) is 11.8 Å². The Morgan fingerprint density at radius 3 is 2.71 bits per heavy atom. The molecule has 2 rings (SSSR count). The maximum Gasteiger partial charge on any atom is 0.128 e. The number of nitrogens with one attached hydrogen (secondary N) is 1. The van der Waals surface area contributed by atoms with E-state index in [0.717, 1.165) is 16.4 Å². The first-order valence-electron chi connectivity index (χ1n) is 8.04. The Bertz CT molecular complexity index is 467. The lowest BCUT2D eigenvalue weighted by Crippen LogP contribution is -2.35. The fourth-order valence-corrected chi connectivity index (χ4v) is 4.38. The van der Waals surface area contributed by atoms with Crippen LogP contribution in [0.1, 0.15) is 58.9 Å². The molecule has 21 heavy (non-hydrogen) atoms. The van der Waals surface area contributed by atoms with Crippen molar-refractivity contribution in [1.29, 1.82) is 0 Å².